The summed E-state index contributed by atoms with van der Waals surface area (Å²) < 4.78 is 7.36. The summed E-state index contributed by atoms with van der Waals surface area (Å²) in [7, 11) is 1.82. The van der Waals surface area contributed by atoms with Crippen LogP contribution in [0.25, 0.3) is 5.69 Å². The molecule has 1 atom stereocenters. The van der Waals surface area contributed by atoms with E-state index < -0.39 is 0 Å². The van der Waals surface area contributed by atoms with Crippen LogP contribution in [-0.2, 0) is 4.79 Å². The van der Waals surface area contributed by atoms with E-state index in [-0.39, 0.29) is 17.7 Å². The fraction of sp³-hybridized carbons (Fsp3) is 0.304. The standard InChI is InChI=1S/C23H26N4O3/c1-17(19-6-10-21(11-7-19)27-16-24-15-25-27)26(3)23(29)5-4-14-30-22-12-8-20(9-13-22)18(2)28/h6-13,15-17H,4-5,14H2,1-3H3. The molecule has 7 nitrogen and oxygen atoms in total. The Kier molecular flexibility index (Phi) is 6.95. The van der Waals surface area contributed by atoms with Crippen LogP contribution in [0.1, 0.15) is 48.7 Å². The smallest absolute Gasteiger partial charge is 0.222 e. The predicted octanol–water partition coefficient (Wildman–Crippen LogP) is 3.85. The first-order valence-electron chi connectivity index (χ1n) is 9.90. The van der Waals surface area contributed by atoms with Crippen LogP contribution in [0.4, 0.5) is 0 Å². The largest absolute Gasteiger partial charge is 0.494 e. The first-order chi connectivity index (χ1) is 14.5. The van der Waals surface area contributed by atoms with E-state index >= 15 is 0 Å². The Balaban J connectivity index is 1.46. The quantitative estimate of drug-likeness (QED) is 0.398. The van der Waals surface area contributed by atoms with Gasteiger partial charge in [-0.3, -0.25) is 9.59 Å². The molecule has 156 valence electrons. The average Bonchev–Trinajstić information content (AvgIpc) is 3.31. The lowest BCUT2D eigenvalue weighted by atomic mass is 10.1. The van der Waals surface area contributed by atoms with Crippen LogP contribution in [0.3, 0.4) is 0 Å². The van der Waals surface area contributed by atoms with Gasteiger partial charge in [0.2, 0.25) is 5.91 Å². The van der Waals surface area contributed by atoms with Gasteiger partial charge in [-0.15, -0.1) is 0 Å². The fourth-order valence-corrected chi connectivity index (χ4v) is 3.06. The maximum absolute atomic E-state index is 12.6. The van der Waals surface area contributed by atoms with Crippen molar-refractivity contribution in [3.8, 4) is 11.4 Å². The number of aromatic nitrogens is 3. The second-order valence-corrected chi connectivity index (χ2v) is 7.14. The minimum atomic E-state index is -0.0395. The number of rotatable bonds is 9. The molecule has 0 saturated heterocycles. The number of carbonyl (C=O) groups is 2. The molecule has 0 N–H and O–H groups in total. The predicted molar refractivity (Wildman–Crippen MR) is 114 cm³/mol. The van der Waals surface area contributed by atoms with E-state index in [1.165, 1.54) is 13.3 Å². The van der Waals surface area contributed by atoms with E-state index in [9.17, 15) is 9.59 Å². The highest BCUT2D eigenvalue weighted by Crippen LogP contribution is 2.21. The van der Waals surface area contributed by atoms with Crippen LogP contribution in [-0.4, -0.2) is 45.0 Å². The summed E-state index contributed by atoms with van der Waals surface area (Å²) in [6, 6.07) is 14.9. The van der Waals surface area contributed by atoms with Crippen molar-refractivity contribution in [2.45, 2.75) is 32.7 Å². The molecule has 0 radical (unpaired) electrons. The fourth-order valence-electron chi connectivity index (χ4n) is 3.06. The zero-order valence-corrected chi connectivity index (χ0v) is 17.5. The number of hydrogen-bond acceptors (Lipinski definition) is 5. The molecule has 0 aliphatic carbocycles. The van der Waals surface area contributed by atoms with Crippen LogP contribution >= 0.6 is 0 Å². The van der Waals surface area contributed by atoms with E-state index in [2.05, 4.69) is 10.1 Å². The Morgan fingerprint density at radius 1 is 1.10 bits per heavy atom. The Morgan fingerprint density at radius 2 is 1.80 bits per heavy atom. The van der Waals surface area contributed by atoms with E-state index in [1.807, 2.05) is 38.2 Å². The lowest BCUT2D eigenvalue weighted by Crippen LogP contribution is -2.29. The molecule has 1 unspecified atom stereocenters. The van der Waals surface area contributed by atoms with Gasteiger partial charge in [0.05, 0.1) is 18.3 Å². The van der Waals surface area contributed by atoms with Crippen molar-refractivity contribution in [3.63, 3.8) is 0 Å². The number of amides is 1. The third kappa shape index (κ3) is 5.31. The molecule has 7 heteroatoms. The zero-order valence-electron chi connectivity index (χ0n) is 17.5. The average molecular weight is 406 g/mol. The molecular formula is C23H26N4O3. The third-order valence-electron chi connectivity index (χ3n) is 5.10. The molecule has 3 aromatic rings. The Hall–Kier alpha value is -3.48. The molecule has 0 bridgehead atoms. The first kappa shape index (κ1) is 21.2. The molecule has 0 fully saturated rings. The molecule has 0 spiro atoms. The van der Waals surface area contributed by atoms with Gasteiger partial charge in [0.15, 0.2) is 5.78 Å². The number of hydrogen-bond donors (Lipinski definition) is 0. The number of ether oxygens (including phenoxy) is 1. The summed E-state index contributed by atoms with van der Waals surface area (Å²) in [4.78, 5) is 29.6. The van der Waals surface area contributed by atoms with Crippen molar-refractivity contribution in [2.75, 3.05) is 13.7 Å². The highest BCUT2D eigenvalue weighted by molar-refractivity contribution is 5.94. The molecule has 1 heterocycles. The van der Waals surface area contributed by atoms with Gasteiger partial charge in [0.1, 0.15) is 18.4 Å². The summed E-state index contributed by atoms with van der Waals surface area (Å²) in [5, 5.41) is 4.11. The number of carbonyl (C=O) groups excluding carboxylic acids is 2. The van der Waals surface area contributed by atoms with Gasteiger partial charge in [-0.25, -0.2) is 9.67 Å². The summed E-state index contributed by atoms with van der Waals surface area (Å²) >= 11 is 0. The van der Waals surface area contributed by atoms with E-state index in [0.717, 1.165) is 11.3 Å². The minimum Gasteiger partial charge on any atom is -0.494 e. The Morgan fingerprint density at radius 3 is 2.40 bits per heavy atom. The van der Waals surface area contributed by atoms with Gasteiger partial charge in [-0.2, -0.15) is 5.10 Å². The summed E-state index contributed by atoms with van der Waals surface area (Å²) in [5.74, 6) is 0.789. The van der Waals surface area contributed by atoms with Crippen LogP contribution in [0.2, 0.25) is 0 Å². The van der Waals surface area contributed by atoms with E-state index in [0.29, 0.717) is 30.8 Å². The highest BCUT2D eigenvalue weighted by Gasteiger charge is 2.17. The monoisotopic (exact) mass is 406 g/mol. The molecule has 0 saturated carbocycles. The van der Waals surface area contributed by atoms with Crippen molar-refractivity contribution < 1.29 is 14.3 Å². The third-order valence-corrected chi connectivity index (χ3v) is 5.10. The second-order valence-electron chi connectivity index (χ2n) is 7.14. The Labute approximate surface area is 176 Å². The first-order valence-corrected chi connectivity index (χ1v) is 9.90. The molecule has 0 aliphatic rings. The van der Waals surface area contributed by atoms with Gasteiger partial charge in [-0.05, 0) is 62.2 Å². The number of ketones is 1. The van der Waals surface area contributed by atoms with Gasteiger partial charge in [0.25, 0.3) is 0 Å². The number of benzene rings is 2. The maximum atomic E-state index is 12.6. The van der Waals surface area contributed by atoms with Crippen LogP contribution < -0.4 is 4.74 Å². The molecular weight excluding hydrogens is 380 g/mol. The molecule has 2 aromatic carbocycles. The van der Waals surface area contributed by atoms with Crippen LogP contribution in [0.5, 0.6) is 5.75 Å². The second kappa shape index (κ2) is 9.82. The normalized spacial score (nSPS) is 11.7. The minimum absolute atomic E-state index is 0.0253. The Bertz CT molecular complexity index is 967. The van der Waals surface area contributed by atoms with Crippen molar-refractivity contribution >= 4 is 11.7 Å². The number of Topliss-reactive ketones (excluding diaryl/α,β-unsaturated/α-hetero) is 1. The maximum Gasteiger partial charge on any atom is 0.222 e. The molecule has 3 rings (SSSR count). The molecule has 1 aromatic heterocycles. The van der Waals surface area contributed by atoms with Crippen molar-refractivity contribution in [2.24, 2.45) is 0 Å². The molecule has 0 aliphatic heterocycles. The number of nitrogens with zero attached hydrogens (tertiary/aromatic N) is 4. The summed E-state index contributed by atoms with van der Waals surface area (Å²) in [6.45, 7) is 3.99. The van der Waals surface area contributed by atoms with Gasteiger partial charge >= 0.3 is 0 Å². The SMILES string of the molecule is CC(=O)c1ccc(OCCCC(=O)N(C)C(C)c2ccc(-n3cncn3)cc2)cc1. The lowest BCUT2D eigenvalue weighted by Gasteiger charge is -2.25. The van der Waals surface area contributed by atoms with E-state index in [1.54, 1.807) is 40.2 Å². The van der Waals surface area contributed by atoms with Gasteiger partial charge in [0, 0.05) is 19.0 Å². The van der Waals surface area contributed by atoms with Gasteiger partial charge < -0.3 is 9.64 Å². The van der Waals surface area contributed by atoms with Crippen LogP contribution in [0, 0.1) is 0 Å². The summed E-state index contributed by atoms with van der Waals surface area (Å²) in [5.41, 5.74) is 2.63. The molecule has 1 amide bonds. The topological polar surface area (TPSA) is 77.3 Å². The van der Waals surface area contributed by atoms with Gasteiger partial charge in [-0.1, -0.05) is 12.1 Å². The van der Waals surface area contributed by atoms with Crippen LogP contribution in [0.15, 0.2) is 61.2 Å². The summed E-state index contributed by atoms with van der Waals surface area (Å²) in [6.07, 6.45) is 4.17. The highest BCUT2D eigenvalue weighted by atomic mass is 16.5. The lowest BCUT2D eigenvalue weighted by molar-refractivity contribution is -0.132. The molecule has 30 heavy (non-hydrogen) atoms. The van der Waals surface area contributed by atoms with Crippen molar-refractivity contribution in [1.29, 1.82) is 0 Å². The zero-order chi connectivity index (χ0) is 21.5. The van der Waals surface area contributed by atoms with Crippen molar-refractivity contribution in [1.82, 2.24) is 19.7 Å². The van der Waals surface area contributed by atoms with E-state index in [4.69, 9.17) is 4.74 Å². The van der Waals surface area contributed by atoms with Crippen molar-refractivity contribution in [3.05, 3.63) is 72.3 Å².